The van der Waals surface area contributed by atoms with Crippen LogP contribution < -0.4 is 0 Å². The third kappa shape index (κ3) is 3.53. The molecule has 0 radical (unpaired) electrons. The predicted octanol–water partition coefficient (Wildman–Crippen LogP) is 2.13. The van der Waals surface area contributed by atoms with Crippen molar-refractivity contribution in [2.75, 3.05) is 19.3 Å². The lowest BCUT2D eigenvalue weighted by Gasteiger charge is -2.37. The molecular formula is C15H16BrN3O2S. The highest BCUT2D eigenvalue weighted by molar-refractivity contribution is 9.10. The molecule has 0 unspecified atom stereocenters. The first-order chi connectivity index (χ1) is 10.4. The molecule has 5 nitrogen and oxygen atoms in total. The molecule has 1 aromatic heterocycles. The molecule has 22 heavy (non-hydrogen) atoms. The molecule has 1 aliphatic heterocycles. The quantitative estimate of drug-likeness (QED) is 0.811. The molecule has 0 saturated carbocycles. The Kier molecular flexibility index (Phi) is 4.29. The molecule has 7 heteroatoms. The largest absolute Gasteiger partial charge is 0.295 e. The van der Waals surface area contributed by atoms with E-state index in [0.29, 0.717) is 19.6 Å². The number of likely N-dealkylation sites (tertiary alicyclic amines) is 1. The van der Waals surface area contributed by atoms with Crippen molar-refractivity contribution in [3.05, 3.63) is 46.6 Å². The highest BCUT2D eigenvalue weighted by Crippen LogP contribution is 2.21. The minimum Gasteiger partial charge on any atom is -0.295 e. The topological polar surface area (TPSA) is 63.2 Å². The van der Waals surface area contributed by atoms with Crippen LogP contribution in [-0.2, 0) is 16.4 Å². The van der Waals surface area contributed by atoms with Crippen molar-refractivity contribution >= 4 is 25.8 Å². The van der Waals surface area contributed by atoms with Gasteiger partial charge in [-0.1, -0.05) is 28.1 Å². The third-order valence-electron chi connectivity index (χ3n) is 3.77. The van der Waals surface area contributed by atoms with Gasteiger partial charge in [-0.3, -0.25) is 4.90 Å². The number of halogens is 1. The van der Waals surface area contributed by atoms with E-state index in [1.807, 2.05) is 36.4 Å². The van der Waals surface area contributed by atoms with Crippen molar-refractivity contribution in [1.29, 1.82) is 0 Å². The van der Waals surface area contributed by atoms with Crippen molar-refractivity contribution < 1.29 is 8.42 Å². The van der Waals surface area contributed by atoms with E-state index in [1.165, 1.54) is 6.26 Å². The Bertz CT molecular complexity index is 754. The first-order valence-corrected chi connectivity index (χ1v) is 9.66. The van der Waals surface area contributed by atoms with Crippen molar-refractivity contribution in [2.24, 2.45) is 0 Å². The van der Waals surface area contributed by atoms with Crippen LogP contribution in [0.4, 0.5) is 0 Å². The Hall–Kier alpha value is -1.31. The summed E-state index contributed by atoms with van der Waals surface area (Å²) in [5.74, 6) is 0. The van der Waals surface area contributed by atoms with Gasteiger partial charge < -0.3 is 0 Å². The molecule has 3 rings (SSSR count). The maximum atomic E-state index is 11.4. The van der Waals surface area contributed by atoms with Crippen LogP contribution in [0.15, 0.2) is 40.9 Å². The number of sulfone groups is 1. The van der Waals surface area contributed by atoms with Gasteiger partial charge in [0.25, 0.3) is 0 Å². The molecule has 116 valence electrons. The van der Waals surface area contributed by atoms with E-state index < -0.39 is 9.84 Å². The first-order valence-electron chi connectivity index (χ1n) is 6.91. The summed E-state index contributed by atoms with van der Waals surface area (Å²) in [6.45, 7) is 1.80. The fraction of sp³-hybridized carbons (Fsp3) is 0.333. The minimum atomic E-state index is -2.92. The van der Waals surface area contributed by atoms with E-state index >= 15 is 0 Å². The van der Waals surface area contributed by atoms with Gasteiger partial charge in [0.2, 0.25) is 0 Å². The van der Waals surface area contributed by atoms with E-state index in [4.69, 9.17) is 0 Å². The molecule has 1 fully saturated rings. The fourth-order valence-electron chi connectivity index (χ4n) is 2.37. The third-order valence-corrected chi connectivity index (χ3v) is 5.81. The lowest BCUT2D eigenvalue weighted by molar-refractivity contribution is 0.173. The first kappa shape index (κ1) is 15.6. The van der Waals surface area contributed by atoms with Crippen molar-refractivity contribution in [3.63, 3.8) is 0 Å². The van der Waals surface area contributed by atoms with E-state index in [1.54, 1.807) is 0 Å². The summed E-state index contributed by atoms with van der Waals surface area (Å²) in [7, 11) is -2.92. The smallest absolute Gasteiger partial charge is 0.152 e. The van der Waals surface area contributed by atoms with Gasteiger partial charge in [0.05, 0.1) is 16.6 Å². The molecule has 0 atom stereocenters. The second-order valence-corrected chi connectivity index (χ2v) is 8.80. The Morgan fingerprint density at radius 1 is 1.14 bits per heavy atom. The molecule has 1 saturated heterocycles. The summed E-state index contributed by atoms with van der Waals surface area (Å²) in [5, 5.41) is 8.25. The van der Waals surface area contributed by atoms with E-state index in [-0.39, 0.29) is 5.25 Å². The summed E-state index contributed by atoms with van der Waals surface area (Å²) in [6.07, 6.45) is 1.29. The number of hydrogen-bond donors (Lipinski definition) is 0. The molecule has 0 N–H and O–H groups in total. The van der Waals surface area contributed by atoms with Gasteiger partial charge in [0, 0.05) is 35.9 Å². The van der Waals surface area contributed by atoms with Crippen LogP contribution in [0.1, 0.15) is 5.69 Å². The average molecular weight is 382 g/mol. The molecule has 0 bridgehead atoms. The van der Waals surface area contributed by atoms with Crippen LogP contribution in [0, 0.1) is 0 Å². The van der Waals surface area contributed by atoms with Crippen LogP contribution in [0.2, 0.25) is 0 Å². The summed E-state index contributed by atoms with van der Waals surface area (Å²) in [6, 6.07) is 11.8. The van der Waals surface area contributed by atoms with Crippen LogP contribution in [0.3, 0.4) is 0 Å². The lowest BCUT2D eigenvalue weighted by atomic mass is 10.1. The number of nitrogens with zero attached hydrogens (tertiary/aromatic N) is 3. The lowest BCUT2D eigenvalue weighted by Crippen LogP contribution is -2.53. The van der Waals surface area contributed by atoms with Gasteiger partial charge in [-0.2, -0.15) is 10.2 Å². The Balaban J connectivity index is 1.62. The summed E-state index contributed by atoms with van der Waals surface area (Å²) in [5.41, 5.74) is 2.70. The summed E-state index contributed by atoms with van der Waals surface area (Å²) < 4.78 is 23.8. The van der Waals surface area contributed by atoms with Crippen molar-refractivity contribution in [1.82, 2.24) is 15.1 Å². The highest BCUT2D eigenvalue weighted by Gasteiger charge is 2.34. The number of hydrogen-bond acceptors (Lipinski definition) is 5. The van der Waals surface area contributed by atoms with Crippen LogP contribution >= 0.6 is 15.9 Å². The van der Waals surface area contributed by atoms with Gasteiger partial charge in [0.15, 0.2) is 9.84 Å². The fourth-order valence-corrected chi connectivity index (χ4v) is 3.60. The Morgan fingerprint density at radius 3 is 2.36 bits per heavy atom. The Labute approximate surface area is 138 Å². The van der Waals surface area contributed by atoms with E-state index in [2.05, 4.69) is 31.0 Å². The van der Waals surface area contributed by atoms with Gasteiger partial charge in [-0.15, -0.1) is 0 Å². The van der Waals surface area contributed by atoms with Gasteiger partial charge >= 0.3 is 0 Å². The predicted molar refractivity (Wildman–Crippen MR) is 89.1 cm³/mol. The molecule has 2 heterocycles. The molecular weight excluding hydrogens is 366 g/mol. The van der Waals surface area contributed by atoms with Crippen LogP contribution in [0.25, 0.3) is 11.3 Å². The summed E-state index contributed by atoms with van der Waals surface area (Å²) in [4.78, 5) is 2.06. The van der Waals surface area contributed by atoms with E-state index in [9.17, 15) is 8.42 Å². The maximum absolute atomic E-state index is 11.4. The number of rotatable bonds is 4. The van der Waals surface area contributed by atoms with Crippen molar-refractivity contribution in [3.8, 4) is 11.3 Å². The molecule has 0 spiro atoms. The highest BCUT2D eigenvalue weighted by atomic mass is 79.9. The Morgan fingerprint density at radius 2 is 1.82 bits per heavy atom. The zero-order valence-electron chi connectivity index (χ0n) is 12.1. The van der Waals surface area contributed by atoms with Gasteiger partial charge in [-0.05, 0) is 24.3 Å². The van der Waals surface area contributed by atoms with Crippen LogP contribution in [-0.4, -0.2) is 48.1 Å². The SMILES string of the molecule is CS(=O)(=O)C1CN(Cc2ccc(-c3ccc(Br)cc3)nn2)C1. The average Bonchev–Trinajstić information content (AvgIpc) is 2.43. The van der Waals surface area contributed by atoms with Gasteiger partial charge in [-0.25, -0.2) is 8.42 Å². The molecule has 1 aromatic carbocycles. The second kappa shape index (κ2) is 6.06. The van der Waals surface area contributed by atoms with E-state index in [0.717, 1.165) is 21.4 Å². The zero-order chi connectivity index (χ0) is 15.7. The molecule has 0 aliphatic carbocycles. The molecule has 2 aromatic rings. The number of aromatic nitrogens is 2. The maximum Gasteiger partial charge on any atom is 0.152 e. The zero-order valence-corrected chi connectivity index (χ0v) is 14.5. The van der Waals surface area contributed by atoms with Gasteiger partial charge in [0.1, 0.15) is 0 Å². The second-order valence-electron chi connectivity index (χ2n) is 5.56. The molecule has 0 amide bonds. The molecule has 1 aliphatic rings. The monoisotopic (exact) mass is 381 g/mol. The summed E-state index contributed by atoms with van der Waals surface area (Å²) >= 11 is 3.41. The number of benzene rings is 1. The minimum absolute atomic E-state index is 0.234. The van der Waals surface area contributed by atoms with Crippen LogP contribution in [0.5, 0.6) is 0 Å². The van der Waals surface area contributed by atoms with Crippen molar-refractivity contribution in [2.45, 2.75) is 11.8 Å². The normalized spacial score (nSPS) is 16.5. The standard InChI is InChI=1S/C15H16BrN3O2S/c1-22(20,21)14-9-19(10-14)8-13-6-7-15(18-17-13)11-2-4-12(16)5-3-11/h2-7,14H,8-10H2,1H3.